The van der Waals surface area contributed by atoms with Crippen molar-refractivity contribution in [1.29, 1.82) is 0 Å². The lowest BCUT2D eigenvalue weighted by Crippen LogP contribution is -2.53. The summed E-state index contributed by atoms with van der Waals surface area (Å²) < 4.78 is 29.3. The van der Waals surface area contributed by atoms with Gasteiger partial charge in [0.25, 0.3) is 10.0 Å². The number of likely N-dealkylation sites (N-methyl/N-ethyl adjacent to an activating group) is 1. The molecule has 44 heavy (non-hydrogen) atoms. The number of amides is 2. The number of halogens is 3. The molecule has 0 spiro atoms. The molecule has 0 aliphatic rings. The number of para-hydroxylation sites is 1. The number of aryl methyl sites for hydroxylation is 1. The van der Waals surface area contributed by atoms with Crippen LogP contribution in [-0.2, 0) is 32.6 Å². The number of hydrogen-bond acceptors (Lipinski definition) is 4. The first-order valence-electron chi connectivity index (χ1n) is 13.9. The van der Waals surface area contributed by atoms with Gasteiger partial charge in [0, 0.05) is 34.6 Å². The smallest absolute Gasteiger partial charge is 0.264 e. The number of nitrogens with one attached hydrogen (secondary N) is 1. The number of anilines is 1. The van der Waals surface area contributed by atoms with Crippen molar-refractivity contribution in [2.45, 2.75) is 37.8 Å². The highest BCUT2D eigenvalue weighted by molar-refractivity contribution is 7.92. The Balaban J connectivity index is 1.82. The zero-order valence-electron chi connectivity index (χ0n) is 24.2. The molecule has 0 saturated carbocycles. The van der Waals surface area contributed by atoms with Crippen LogP contribution < -0.4 is 9.62 Å². The molecule has 0 aliphatic heterocycles. The largest absolute Gasteiger partial charge is 0.355 e. The van der Waals surface area contributed by atoms with E-state index in [-0.39, 0.29) is 23.8 Å². The monoisotopic (exact) mass is 671 g/mol. The van der Waals surface area contributed by atoms with Gasteiger partial charge in [-0.25, -0.2) is 8.42 Å². The Labute approximate surface area is 273 Å². The lowest BCUT2D eigenvalue weighted by atomic mass is 10.0. The van der Waals surface area contributed by atoms with Crippen molar-refractivity contribution in [3.63, 3.8) is 0 Å². The molecule has 11 heteroatoms. The molecule has 4 aromatic carbocycles. The van der Waals surface area contributed by atoms with Gasteiger partial charge in [-0.15, -0.1) is 0 Å². The predicted molar refractivity (Wildman–Crippen MR) is 177 cm³/mol. The summed E-state index contributed by atoms with van der Waals surface area (Å²) in [6.45, 7) is 3.26. The highest BCUT2D eigenvalue weighted by Gasteiger charge is 2.35. The van der Waals surface area contributed by atoms with E-state index in [1.165, 1.54) is 29.2 Å². The maximum atomic E-state index is 14.4. The van der Waals surface area contributed by atoms with Crippen molar-refractivity contribution in [3.8, 4) is 0 Å². The third kappa shape index (κ3) is 8.12. The molecule has 0 bridgehead atoms. The molecule has 0 aliphatic carbocycles. The summed E-state index contributed by atoms with van der Waals surface area (Å²) in [4.78, 5) is 29.4. The van der Waals surface area contributed by atoms with E-state index >= 15 is 0 Å². The second kappa shape index (κ2) is 14.9. The molecule has 1 unspecified atom stereocenters. The molecule has 0 saturated heterocycles. The van der Waals surface area contributed by atoms with Crippen LogP contribution >= 0.6 is 34.8 Å². The van der Waals surface area contributed by atoms with Crippen LogP contribution in [-0.4, -0.2) is 44.3 Å². The molecule has 0 heterocycles. The molecule has 4 rings (SSSR count). The van der Waals surface area contributed by atoms with Crippen LogP contribution in [0.2, 0.25) is 15.1 Å². The number of hydrogen-bond donors (Lipinski definition) is 1. The van der Waals surface area contributed by atoms with Crippen molar-refractivity contribution in [2.75, 3.05) is 17.4 Å². The van der Waals surface area contributed by atoms with Crippen LogP contribution in [0, 0.1) is 6.92 Å². The number of carbonyl (C=O) groups excluding carboxylic acids is 2. The van der Waals surface area contributed by atoms with Gasteiger partial charge in [-0.3, -0.25) is 13.9 Å². The Morgan fingerprint density at radius 3 is 2.11 bits per heavy atom. The maximum Gasteiger partial charge on any atom is 0.264 e. The molecule has 0 fully saturated rings. The quantitative estimate of drug-likeness (QED) is 0.177. The first-order valence-corrected chi connectivity index (χ1v) is 16.5. The second-order valence-corrected chi connectivity index (χ2v) is 13.3. The highest BCUT2D eigenvalue weighted by Crippen LogP contribution is 2.29. The van der Waals surface area contributed by atoms with Gasteiger partial charge in [0.05, 0.1) is 10.6 Å². The second-order valence-electron chi connectivity index (χ2n) is 10.1. The van der Waals surface area contributed by atoms with E-state index in [1.807, 2.05) is 30.3 Å². The van der Waals surface area contributed by atoms with E-state index in [9.17, 15) is 18.0 Å². The van der Waals surface area contributed by atoms with E-state index in [4.69, 9.17) is 34.8 Å². The van der Waals surface area contributed by atoms with E-state index in [1.54, 1.807) is 56.3 Å². The fraction of sp³-hybridized carbons (Fsp3) is 0.212. The van der Waals surface area contributed by atoms with Gasteiger partial charge in [-0.05, 0) is 73.0 Å². The molecule has 7 nitrogen and oxygen atoms in total. The fourth-order valence-corrected chi connectivity index (χ4v) is 6.84. The van der Waals surface area contributed by atoms with Gasteiger partial charge in [0.2, 0.25) is 11.8 Å². The summed E-state index contributed by atoms with van der Waals surface area (Å²) in [7, 11) is -4.24. The lowest BCUT2D eigenvalue weighted by molar-refractivity contribution is -0.140. The summed E-state index contributed by atoms with van der Waals surface area (Å²) in [5.74, 6) is -0.971. The van der Waals surface area contributed by atoms with E-state index in [0.717, 1.165) is 9.87 Å². The zero-order chi connectivity index (χ0) is 31.9. The summed E-state index contributed by atoms with van der Waals surface area (Å²) in [6, 6.07) is 25.9. The van der Waals surface area contributed by atoms with Crippen LogP contribution in [0.5, 0.6) is 0 Å². The molecule has 1 atom stereocenters. The SMILES string of the molecule is CCNC(=O)C(Cc1ccccc1)N(Cc1ccc(Cl)cc1Cl)C(=O)CN(c1ccccc1C)S(=O)(=O)c1ccc(Cl)cc1. The first kappa shape index (κ1) is 33.3. The Hall–Kier alpha value is -3.56. The van der Waals surface area contributed by atoms with Gasteiger partial charge in [0.15, 0.2) is 0 Å². The average Bonchev–Trinajstić information content (AvgIpc) is 3.00. The van der Waals surface area contributed by atoms with E-state index in [0.29, 0.717) is 38.4 Å². The highest BCUT2D eigenvalue weighted by atomic mass is 35.5. The maximum absolute atomic E-state index is 14.4. The van der Waals surface area contributed by atoms with Crippen LogP contribution in [0.4, 0.5) is 5.69 Å². The molecule has 0 aromatic heterocycles. The molecule has 4 aromatic rings. The minimum atomic E-state index is -4.24. The summed E-state index contributed by atoms with van der Waals surface area (Å²) >= 11 is 18.7. The minimum Gasteiger partial charge on any atom is -0.355 e. The number of rotatable bonds is 12. The number of nitrogens with zero attached hydrogens (tertiary/aromatic N) is 2. The van der Waals surface area contributed by atoms with Crippen LogP contribution in [0.3, 0.4) is 0 Å². The molecule has 0 radical (unpaired) electrons. The molecular weight excluding hydrogens is 641 g/mol. The Morgan fingerprint density at radius 2 is 1.48 bits per heavy atom. The zero-order valence-corrected chi connectivity index (χ0v) is 27.3. The first-order chi connectivity index (χ1) is 21.0. The molecule has 2 amide bonds. The van der Waals surface area contributed by atoms with Gasteiger partial charge in [-0.2, -0.15) is 0 Å². The molecule has 1 N–H and O–H groups in total. The lowest BCUT2D eigenvalue weighted by Gasteiger charge is -2.34. The third-order valence-electron chi connectivity index (χ3n) is 7.04. The van der Waals surface area contributed by atoms with Gasteiger partial charge in [0.1, 0.15) is 12.6 Å². The summed E-state index contributed by atoms with van der Waals surface area (Å²) in [5, 5.41) is 3.94. The standard InChI is InChI=1S/C33H32Cl3N3O4S/c1-3-37-33(41)31(19-24-10-5-4-6-11-24)38(21-25-13-14-27(35)20-29(25)36)32(40)22-39(30-12-8-7-9-23(30)2)44(42,43)28-17-15-26(34)16-18-28/h4-18,20,31H,3,19,21-22H2,1-2H3,(H,37,41). The topological polar surface area (TPSA) is 86.8 Å². The Morgan fingerprint density at radius 1 is 0.841 bits per heavy atom. The predicted octanol–water partition coefficient (Wildman–Crippen LogP) is 6.93. The minimum absolute atomic E-state index is 0.0326. The Kier molecular flexibility index (Phi) is 11.3. The Bertz CT molecular complexity index is 1720. The van der Waals surface area contributed by atoms with Crippen molar-refractivity contribution in [3.05, 3.63) is 129 Å². The van der Waals surface area contributed by atoms with Gasteiger partial charge < -0.3 is 10.2 Å². The number of carbonyl (C=O) groups is 2. The van der Waals surface area contributed by atoms with Crippen molar-refractivity contribution in [2.24, 2.45) is 0 Å². The summed E-state index contributed by atoms with van der Waals surface area (Å²) in [5.41, 5.74) is 2.36. The van der Waals surface area contributed by atoms with E-state index < -0.39 is 28.5 Å². The molecule has 230 valence electrons. The third-order valence-corrected chi connectivity index (χ3v) is 9.66. The normalized spacial score (nSPS) is 11.9. The van der Waals surface area contributed by atoms with Crippen LogP contribution in [0.25, 0.3) is 0 Å². The average molecular weight is 673 g/mol. The van der Waals surface area contributed by atoms with Crippen LogP contribution in [0.1, 0.15) is 23.6 Å². The van der Waals surface area contributed by atoms with Crippen molar-refractivity contribution >= 4 is 62.3 Å². The van der Waals surface area contributed by atoms with Crippen molar-refractivity contribution < 1.29 is 18.0 Å². The van der Waals surface area contributed by atoms with Gasteiger partial charge >= 0.3 is 0 Å². The fourth-order valence-electron chi connectivity index (χ4n) is 4.77. The summed E-state index contributed by atoms with van der Waals surface area (Å²) in [6.07, 6.45) is 0.192. The van der Waals surface area contributed by atoms with Crippen LogP contribution in [0.15, 0.2) is 102 Å². The molecular formula is C33H32Cl3N3O4S. The van der Waals surface area contributed by atoms with Gasteiger partial charge in [-0.1, -0.05) is 89.4 Å². The number of benzene rings is 4. The number of sulfonamides is 1. The van der Waals surface area contributed by atoms with E-state index in [2.05, 4.69) is 5.32 Å². The van der Waals surface area contributed by atoms with Crippen molar-refractivity contribution in [1.82, 2.24) is 10.2 Å².